The Balaban J connectivity index is 1.55. The van der Waals surface area contributed by atoms with E-state index in [-0.39, 0.29) is 22.6 Å². The highest BCUT2D eigenvalue weighted by Crippen LogP contribution is 2.22. The quantitative estimate of drug-likeness (QED) is 0.490. The number of nitrogens with one attached hydrogen (secondary N) is 2. The number of anilines is 1. The zero-order valence-electron chi connectivity index (χ0n) is 14.4. The van der Waals surface area contributed by atoms with Crippen LogP contribution in [0.3, 0.4) is 0 Å². The van der Waals surface area contributed by atoms with Crippen LogP contribution in [0, 0.1) is 0 Å². The van der Waals surface area contributed by atoms with E-state index in [0.717, 1.165) is 0 Å². The molecule has 0 aliphatic carbocycles. The van der Waals surface area contributed by atoms with E-state index in [1.165, 1.54) is 18.5 Å². The molecule has 0 saturated heterocycles. The Labute approximate surface area is 158 Å². The highest BCUT2D eigenvalue weighted by molar-refractivity contribution is 6.05. The largest absolute Gasteiger partial charge is 0.478 e. The molecular weight excluding hydrogens is 360 g/mol. The number of ether oxygens (including phenoxy) is 1. The minimum atomic E-state index is -1.09. The number of nitrogens with zero attached hydrogens (tertiary/aromatic N) is 2. The van der Waals surface area contributed by atoms with Crippen LogP contribution in [0.5, 0.6) is 11.5 Å². The van der Waals surface area contributed by atoms with Gasteiger partial charge in [0.1, 0.15) is 17.0 Å². The molecule has 28 heavy (non-hydrogen) atoms. The van der Waals surface area contributed by atoms with Gasteiger partial charge >= 0.3 is 5.97 Å². The third-order valence-corrected chi connectivity index (χ3v) is 3.93. The second-order valence-electron chi connectivity index (χ2n) is 5.87. The van der Waals surface area contributed by atoms with Gasteiger partial charge in [0.2, 0.25) is 5.95 Å². The summed E-state index contributed by atoms with van der Waals surface area (Å²) in [5.74, 6) is -0.369. The monoisotopic (exact) mass is 374 g/mol. The average molecular weight is 374 g/mol. The summed E-state index contributed by atoms with van der Waals surface area (Å²) < 4.78 is 5.68. The number of aromatic carboxylic acids is 1. The molecule has 0 bridgehead atoms. The maximum atomic E-state index is 12.5. The van der Waals surface area contributed by atoms with E-state index in [1.54, 1.807) is 30.3 Å². The summed E-state index contributed by atoms with van der Waals surface area (Å²) >= 11 is 0. The van der Waals surface area contributed by atoms with Crippen molar-refractivity contribution in [2.24, 2.45) is 0 Å². The Morgan fingerprint density at radius 1 is 1.00 bits per heavy atom. The predicted octanol–water partition coefficient (Wildman–Crippen LogP) is 3.70. The number of carboxylic acid groups (broad SMARTS) is 1. The Kier molecular flexibility index (Phi) is 4.43. The van der Waals surface area contributed by atoms with Gasteiger partial charge in [0.15, 0.2) is 0 Å². The Hall–Kier alpha value is -4.20. The number of carbonyl (C=O) groups excluding carboxylic acids is 1. The number of aromatic amines is 1. The third-order valence-electron chi connectivity index (χ3n) is 3.93. The number of imidazole rings is 1. The second-order valence-corrected chi connectivity index (χ2v) is 5.87. The van der Waals surface area contributed by atoms with Crippen molar-refractivity contribution in [3.63, 3.8) is 0 Å². The predicted molar refractivity (Wildman–Crippen MR) is 102 cm³/mol. The first kappa shape index (κ1) is 17.2. The van der Waals surface area contributed by atoms with Crippen LogP contribution in [0.1, 0.15) is 20.7 Å². The van der Waals surface area contributed by atoms with Crippen LogP contribution in [0.4, 0.5) is 5.95 Å². The average Bonchev–Trinajstić information content (AvgIpc) is 3.11. The minimum Gasteiger partial charge on any atom is -0.478 e. The van der Waals surface area contributed by atoms with E-state index in [9.17, 15) is 14.7 Å². The van der Waals surface area contributed by atoms with Crippen LogP contribution < -0.4 is 10.1 Å². The molecule has 0 saturated carbocycles. The molecule has 4 rings (SSSR count). The molecule has 0 aliphatic rings. The van der Waals surface area contributed by atoms with Crippen molar-refractivity contribution in [2.75, 3.05) is 5.32 Å². The first-order valence-electron chi connectivity index (χ1n) is 8.31. The summed E-state index contributed by atoms with van der Waals surface area (Å²) in [4.78, 5) is 34.9. The second kappa shape index (κ2) is 7.20. The van der Waals surface area contributed by atoms with Gasteiger partial charge in [-0.25, -0.2) is 9.78 Å². The van der Waals surface area contributed by atoms with E-state index < -0.39 is 11.9 Å². The van der Waals surface area contributed by atoms with Crippen molar-refractivity contribution in [1.29, 1.82) is 0 Å². The number of H-pyrrole nitrogens is 1. The van der Waals surface area contributed by atoms with Crippen molar-refractivity contribution < 1.29 is 19.4 Å². The van der Waals surface area contributed by atoms with E-state index >= 15 is 0 Å². The van der Waals surface area contributed by atoms with Crippen LogP contribution >= 0.6 is 0 Å². The van der Waals surface area contributed by atoms with Gasteiger partial charge in [0, 0.05) is 6.20 Å². The molecule has 0 fully saturated rings. The highest BCUT2D eigenvalue weighted by atomic mass is 16.5. The Morgan fingerprint density at radius 2 is 1.82 bits per heavy atom. The Morgan fingerprint density at radius 3 is 2.61 bits per heavy atom. The number of fused-ring (bicyclic) bond motifs is 1. The topological polar surface area (TPSA) is 117 Å². The van der Waals surface area contributed by atoms with Crippen molar-refractivity contribution in [3.8, 4) is 11.5 Å². The molecule has 3 N–H and O–H groups in total. The summed E-state index contributed by atoms with van der Waals surface area (Å²) in [5.41, 5.74) is 1.10. The fourth-order valence-corrected chi connectivity index (χ4v) is 2.67. The molecule has 4 aromatic rings. The molecule has 2 aromatic carbocycles. The fraction of sp³-hybridized carbons (Fsp3) is 0. The lowest BCUT2D eigenvalue weighted by molar-refractivity contribution is 0.0698. The molecule has 8 heteroatoms. The van der Waals surface area contributed by atoms with Gasteiger partial charge < -0.3 is 14.8 Å². The van der Waals surface area contributed by atoms with Crippen molar-refractivity contribution in [3.05, 3.63) is 78.1 Å². The summed E-state index contributed by atoms with van der Waals surface area (Å²) in [6.45, 7) is 0. The van der Waals surface area contributed by atoms with E-state index in [4.69, 9.17) is 4.74 Å². The molecule has 2 aromatic heterocycles. The molecule has 0 radical (unpaired) electrons. The van der Waals surface area contributed by atoms with Gasteiger partial charge in [-0.3, -0.25) is 15.1 Å². The van der Waals surface area contributed by atoms with Crippen molar-refractivity contribution in [2.45, 2.75) is 0 Å². The maximum Gasteiger partial charge on any atom is 0.337 e. The number of para-hydroxylation sites is 2. The summed E-state index contributed by atoms with van der Waals surface area (Å²) in [5, 5.41) is 11.9. The lowest BCUT2D eigenvalue weighted by Crippen LogP contribution is -2.13. The number of benzene rings is 2. The molecule has 0 unspecified atom stereocenters. The van der Waals surface area contributed by atoms with Crippen LogP contribution in [0.2, 0.25) is 0 Å². The van der Waals surface area contributed by atoms with E-state index in [1.807, 2.05) is 18.2 Å². The van der Waals surface area contributed by atoms with Gasteiger partial charge in [-0.2, -0.15) is 0 Å². The molecule has 1 amide bonds. The molecule has 0 spiro atoms. The number of aromatic nitrogens is 3. The number of hydrogen-bond acceptors (Lipinski definition) is 5. The third kappa shape index (κ3) is 3.51. The molecule has 138 valence electrons. The normalized spacial score (nSPS) is 10.6. The number of carbonyl (C=O) groups is 2. The highest BCUT2D eigenvalue weighted by Gasteiger charge is 2.15. The number of pyridine rings is 1. The number of hydrogen-bond donors (Lipinski definition) is 3. The molecule has 0 aliphatic heterocycles. The van der Waals surface area contributed by atoms with Crippen LogP contribution in [0.25, 0.3) is 11.0 Å². The van der Waals surface area contributed by atoms with Gasteiger partial charge in [-0.05, 0) is 30.3 Å². The van der Waals surface area contributed by atoms with Crippen molar-refractivity contribution in [1.82, 2.24) is 15.0 Å². The number of rotatable bonds is 5. The summed E-state index contributed by atoms with van der Waals surface area (Å²) in [7, 11) is 0. The minimum absolute atomic E-state index is 0.0502. The van der Waals surface area contributed by atoms with Gasteiger partial charge in [-0.15, -0.1) is 0 Å². The number of amides is 1. The van der Waals surface area contributed by atoms with Gasteiger partial charge in [0.25, 0.3) is 5.91 Å². The maximum absolute atomic E-state index is 12.5. The standard InChI is InChI=1S/C20H14N4O4/c25-18(12-9-14(11-21-10-12)28-13-5-2-1-3-6-13)24-20-22-16-8-4-7-15(19(26)27)17(16)23-20/h1-11H,(H,26,27)(H2,22,23,24,25). The first-order chi connectivity index (χ1) is 13.6. The summed E-state index contributed by atoms with van der Waals surface area (Å²) in [6, 6.07) is 15.4. The lowest BCUT2D eigenvalue weighted by atomic mass is 10.2. The molecule has 8 nitrogen and oxygen atoms in total. The lowest BCUT2D eigenvalue weighted by Gasteiger charge is -2.07. The van der Waals surface area contributed by atoms with Crippen molar-refractivity contribution >= 4 is 28.9 Å². The number of carboxylic acids is 1. The Bertz CT molecular complexity index is 1170. The van der Waals surface area contributed by atoms with Gasteiger partial charge in [-0.1, -0.05) is 24.3 Å². The van der Waals surface area contributed by atoms with Gasteiger partial charge in [0.05, 0.1) is 22.8 Å². The van der Waals surface area contributed by atoms with E-state index in [2.05, 4.69) is 20.3 Å². The fourth-order valence-electron chi connectivity index (χ4n) is 2.67. The molecule has 2 heterocycles. The van der Waals surface area contributed by atoms with Crippen LogP contribution in [0.15, 0.2) is 67.0 Å². The first-order valence-corrected chi connectivity index (χ1v) is 8.31. The van der Waals surface area contributed by atoms with E-state index in [0.29, 0.717) is 17.0 Å². The zero-order valence-corrected chi connectivity index (χ0v) is 14.4. The SMILES string of the molecule is O=C(Nc1nc2c(C(=O)O)cccc2[nH]1)c1cncc(Oc2ccccc2)c1. The smallest absolute Gasteiger partial charge is 0.337 e. The molecular formula is C20H14N4O4. The summed E-state index contributed by atoms with van der Waals surface area (Å²) in [6.07, 6.45) is 2.91. The molecule has 0 atom stereocenters. The van der Waals surface area contributed by atoms with Crippen LogP contribution in [-0.2, 0) is 0 Å². The zero-order chi connectivity index (χ0) is 19.5. The van der Waals surface area contributed by atoms with Crippen LogP contribution in [-0.4, -0.2) is 31.9 Å².